The number of aryl methyl sites for hydroxylation is 1. The maximum Gasteiger partial charge on any atom is 0.471 e. The minimum Gasteiger partial charge on any atom is -0.458 e. The molecule has 12 nitrogen and oxygen atoms in total. The average molecular weight is 626 g/mol. The van der Waals surface area contributed by atoms with Crippen LogP contribution in [0.25, 0.3) is 11.2 Å². The molecule has 0 spiro atoms. The van der Waals surface area contributed by atoms with Gasteiger partial charge in [-0.1, -0.05) is 29.8 Å². The number of aromatic nitrogens is 4. The number of aromatic amines is 1. The van der Waals surface area contributed by atoms with E-state index in [2.05, 4.69) is 25.3 Å². The van der Waals surface area contributed by atoms with Gasteiger partial charge in [0.25, 0.3) is 11.5 Å². The summed E-state index contributed by atoms with van der Waals surface area (Å²) < 4.78 is 46.2. The Morgan fingerprint density at radius 2 is 1.67 bits per heavy atom. The summed E-state index contributed by atoms with van der Waals surface area (Å²) in [5.41, 5.74) is 4.92. The van der Waals surface area contributed by atoms with Crippen molar-refractivity contribution in [3.05, 3.63) is 87.5 Å². The maximum absolute atomic E-state index is 13.6. The summed E-state index contributed by atoms with van der Waals surface area (Å²) in [5.74, 6) is -3.79. The number of fused-ring (bicyclic) bond motifs is 1. The number of alkyl halides is 3. The van der Waals surface area contributed by atoms with Crippen LogP contribution in [0.2, 0.25) is 0 Å². The predicted molar refractivity (Wildman–Crippen MR) is 158 cm³/mol. The number of hydrogen-bond donors (Lipinski definition) is 3. The summed E-state index contributed by atoms with van der Waals surface area (Å²) in [4.78, 5) is 65.1. The van der Waals surface area contributed by atoms with Crippen molar-refractivity contribution >= 4 is 40.6 Å². The van der Waals surface area contributed by atoms with Gasteiger partial charge in [0, 0.05) is 17.7 Å². The molecule has 2 aromatic heterocycles. The molecule has 0 unspecified atom stereocenters. The number of rotatable bonds is 8. The number of H-pyrrole nitrogens is 1. The fraction of sp³-hybridized carbons (Fsp3) is 0.300. The fourth-order valence-electron chi connectivity index (χ4n) is 4.20. The van der Waals surface area contributed by atoms with Crippen LogP contribution >= 0.6 is 0 Å². The first kappa shape index (κ1) is 32.6. The standard InChI is InChI=1S/C30H30F3N7O5/c1-16-5-7-17(8-6-16)13-21(26(43)45-29(2,3)4)37-24(41)18-9-11-20(12-10-18)40(27(44)30(31,32)33)15-19-14-35-23-22(36-19)25(42)39-28(34)38-23/h5-12,14,21H,13,15H2,1-4H3,(H,37,41)(H3,34,35,38,39,42)/t21-/m0/s1. The van der Waals surface area contributed by atoms with Crippen LogP contribution in [-0.2, 0) is 27.3 Å². The number of halogens is 3. The number of carbonyl (C=O) groups is 3. The van der Waals surface area contributed by atoms with Gasteiger partial charge in [0.15, 0.2) is 11.2 Å². The number of nitrogens with two attached hydrogens (primary N) is 1. The maximum atomic E-state index is 13.6. The molecule has 45 heavy (non-hydrogen) atoms. The van der Waals surface area contributed by atoms with Crippen LogP contribution in [0.5, 0.6) is 0 Å². The smallest absolute Gasteiger partial charge is 0.458 e. The van der Waals surface area contributed by atoms with Crippen molar-refractivity contribution in [2.45, 2.75) is 58.5 Å². The zero-order chi connectivity index (χ0) is 33.1. The number of benzene rings is 2. The van der Waals surface area contributed by atoms with E-state index in [1.54, 1.807) is 20.8 Å². The Labute approximate surface area is 254 Å². The highest BCUT2D eigenvalue weighted by atomic mass is 19.4. The van der Waals surface area contributed by atoms with E-state index in [0.717, 1.165) is 29.5 Å². The van der Waals surface area contributed by atoms with Crippen LogP contribution in [0.4, 0.5) is 24.8 Å². The lowest BCUT2D eigenvalue weighted by atomic mass is 10.0. The summed E-state index contributed by atoms with van der Waals surface area (Å²) in [5, 5.41) is 2.64. The van der Waals surface area contributed by atoms with Gasteiger partial charge in [-0.25, -0.2) is 14.8 Å². The molecule has 15 heteroatoms. The Bertz CT molecular complexity index is 1780. The summed E-state index contributed by atoms with van der Waals surface area (Å²) in [6.45, 7) is 6.27. The zero-order valence-electron chi connectivity index (χ0n) is 24.7. The third-order valence-electron chi connectivity index (χ3n) is 6.29. The van der Waals surface area contributed by atoms with Crippen molar-refractivity contribution < 1.29 is 32.3 Å². The van der Waals surface area contributed by atoms with Crippen LogP contribution in [-0.4, -0.2) is 55.5 Å². The Morgan fingerprint density at radius 1 is 1.02 bits per heavy atom. The van der Waals surface area contributed by atoms with Gasteiger partial charge in [-0.2, -0.15) is 18.2 Å². The normalized spacial score (nSPS) is 12.4. The third-order valence-corrected chi connectivity index (χ3v) is 6.29. The zero-order valence-corrected chi connectivity index (χ0v) is 24.7. The first-order chi connectivity index (χ1) is 21.0. The lowest BCUT2D eigenvalue weighted by Gasteiger charge is -2.25. The highest BCUT2D eigenvalue weighted by Crippen LogP contribution is 2.26. The molecule has 2 aromatic carbocycles. The van der Waals surface area contributed by atoms with Crippen molar-refractivity contribution in [2.75, 3.05) is 10.6 Å². The van der Waals surface area contributed by atoms with E-state index in [4.69, 9.17) is 10.5 Å². The molecule has 0 aliphatic rings. The molecule has 2 heterocycles. The molecule has 236 valence electrons. The van der Waals surface area contributed by atoms with Gasteiger partial charge < -0.3 is 15.8 Å². The Balaban J connectivity index is 1.59. The summed E-state index contributed by atoms with van der Waals surface area (Å²) in [7, 11) is 0. The number of carbonyl (C=O) groups excluding carboxylic acids is 3. The monoisotopic (exact) mass is 625 g/mol. The minimum atomic E-state index is -5.26. The number of esters is 1. The predicted octanol–water partition coefficient (Wildman–Crippen LogP) is 3.38. The van der Waals surface area contributed by atoms with Crippen molar-refractivity contribution in [1.29, 1.82) is 0 Å². The lowest BCUT2D eigenvalue weighted by molar-refractivity contribution is -0.170. The molecule has 4 N–H and O–H groups in total. The van der Waals surface area contributed by atoms with E-state index in [9.17, 15) is 32.3 Å². The van der Waals surface area contributed by atoms with Gasteiger partial charge in [-0.05, 0) is 57.5 Å². The number of nitrogen functional groups attached to an aromatic ring is 1. The molecular formula is C30H30F3N7O5. The van der Waals surface area contributed by atoms with Crippen LogP contribution in [0, 0.1) is 6.92 Å². The van der Waals surface area contributed by atoms with Crippen molar-refractivity contribution in [3.8, 4) is 0 Å². The second-order valence-corrected chi connectivity index (χ2v) is 11.2. The summed E-state index contributed by atoms with van der Waals surface area (Å²) >= 11 is 0. The number of nitrogens with zero attached hydrogens (tertiary/aromatic N) is 4. The van der Waals surface area contributed by atoms with E-state index in [-0.39, 0.29) is 40.5 Å². The molecule has 0 bridgehead atoms. The minimum absolute atomic E-state index is 0.0105. The van der Waals surface area contributed by atoms with E-state index in [0.29, 0.717) is 4.90 Å². The molecular weight excluding hydrogens is 595 g/mol. The Kier molecular flexibility index (Phi) is 9.21. The van der Waals surface area contributed by atoms with Crippen molar-refractivity contribution in [2.24, 2.45) is 0 Å². The highest BCUT2D eigenvalue weighted by molar-refractivity contribution is 5.99. The molecule has 0 saturated heterocycles. The van der Waals surface area contributed by atoms with Gasteiger partial charge in [-0.15, -0.1) is 0 Å². The third kappa shape index (κ3) is 8.40. The summed E-state index contributed by atoms with van der Waals surface area (Å²) in [6.07, 6.45) is -4.06. The Hall–Kier alpha value is -5.34. The molecule has 0 aliphatic heterocycles. The van der Waals surface area contributed by atoms with Crippen molar-refractivity contribution in [3.63, 3.8) is 0 Å². The topological polar surface area (TPSA) is 173 Å². The molecule has 1 atom stereocenters. The first-order valence-corrected chi connectivity index (χ1v) is 13.6. The first-order valence-electron chi connectivity index (χ1n) is 13.6. The van der Waals surface area contributed by atoms with E-state index in [1.165, 1.54) is 12.1 Å². The van der Waals surface area contributed by atoms with Gasteiger partial charge in [0.1, 0.15) is 11.6 Å². The van der Waals surface area contributed by atoms with Gasteiger partial charge in [0.2, 0.25) is 5.95 Å². The molecule has 0 fully saturated rings. The summed E-state index contributed by atoms with van der Waals surface area (Å²) in [6, 6.07) is 11.0. The molecule has 4 rings (SSSR count). The molecule has 0 saturated carbocycles. The highest BCUT2D eigenvalue weighted by Gasteiger charge is 2.43. The van der Waals surface area contributed by atoms with Crippen LogP contribution in [0.1, 0.15) is 48.0 Å². The Morgan fingerprint density at radius 3 is 2.27 bits per heavy atom. The molecule has 2 amide bonds. The molecule has 4 aromatic rings. The van der Waals surface area contributed by atoms with Gasteiger partial charge >= 0.3 is 18.1 Å². The molecule has 0 aliphatic carbocycles. The average Bonchev–Trinajstić information content (AvgIpc) is 2.95. The number of hydrogen-bond acceptors (Lipinski definition) is 9. The van der Waals surface area contributed by atoms with E-state index in [1.807, 2.05) is 31.2 Å². The SMILES string of the molecule is Cc1ccc(C[C@H](NC(=O)c2ccc(N(Cc3cnc4nc(N)[nH]c(=O)c4n3)C(=O)C(F)(F)F)cc2)C(=O)OC(C)(C)C)cc1. The number of anilines is 2. The van der Waals surface area contributed by atoms with Crippen LogP contribution in [0.3, 0.4) is 0 Å². The van der Waals surface area contributed by atoms with Gasteiger partial charge in [-0.3, -0.25) is 24.3 Å². The number of nitrogens with one attached hydrogen (secondary N) is 2. The second-order valence-electron chi connectivity index (χ2n) is 11.2. The fourth-order valence-corrected chi connectivity index (χ4v) is 4.20. The van der Waals surface area contributed by atoms with Gasteiger partial charge in [0.05, 0.1) is 18.4 Å². The second kappa shape index (κ2) is 12.7. The van der Waals surface area contributed by atoms with Crippen LogP contribution < -0.4 is 21.5 Å². The number of ether oxygens (including phenoxy) is 1. The van der Waals surface area contributed by atoms with E-state index < -0.39 is 47.7 Å². The molecule has 0 radical (unpaired) electrons. The lowest BCUT2D eigenvalue weighted by Crippen LogP contribution is -2.45. The van der Waals surface area contributed by atoms with Crippen molar-refractivity contribution in [1.82, 2.24) is 25.3 Å². The van der Waals surface area contributed by atoms with Crippen LogP contribution in [0.15, 0.2) is 59.5 Å². The quantitative estimate of drug-likeness (QED) is 0.248. The largest absolute Gasteiger partial charge is 0.471 e. The van der Waals surface area contributed by atoms with E-state index >= 15 is 0 Å². The number of amides is 2.